The molecule has 140 valence electrons. The molecule has 26 heavy (non-hydrogen) atoms. The molecule has 1 amide bonds. The second kappa shape index (κ2) is 9.02. The summed E-state index contributed by atoms with van der Waals surface area (Å²) in [6.45, 7) is 4.38. The van der Waals surface area contributed by atoms with E-state index in [-0.39, 0.29) is 11.7 Å². The Balaban J connectivity index is 1.49. The van der Waals surface area contributed by atoms with Gasteiger partial charge in [0, 0.05) is 12.7 Å². The zero-order chi connectivity index (χ0) is 18.4. The smallest absolute Gasteiger partial charge is 0.234 e. The third-order valence-electron chi connectivity index (χ3n) is 4.24. The molecule has 1 saturated heterocycles. The normalized spacial score (nSPS) is 15.0. The molecule has 1 aliphatic rings. The lowest BCUT2D eigenvalue weighted by Gasteiger charge is -2.23. The number of carbonyl (C=O) groups is 1. The molecule has 0 saturated carbocycles. The Morgan fingerprint density at radius 2 is 2.04 bits per heavy atom. The molecule has 3 rings (SSSR count). The van der Waals surface area contributed by atoms with Gasteiger partial charge < -0.3 is 24.3 Å². The van der Waals surface area contributed by atoms with Gasteiger partial charge in [-0.2, -0.15) is 0 Å². The van der Waals surface area contributed by atoms with E-state index in [1.165, 1.54) is 16.7 Å². The zero-order valence-corrected chi connectivity index (χ0v) is 15.8. The molecule has 2 heterocycles. The van der Waals surface area contributed by atoms with Gasteiger partial charge in [-0.25, -0.2) is 0 Å². The van der Waals surface area contributed by atoms with Crippen molar-refractivity contribution in [2.75, 3.05) is 44.5 Å². The quantitative estimate of drug-likeness (QED) is 0.659. The van der Waals surface area contributed by atoms with Crippen LogP contribution in [-0.2, 0) is 23.1 Å². The van der Waals surface area contributed by atoms with Crippen molar-refractivity contribution in [1.82, 2.24) is 14.8 Å². The minimum atomic E-state index is -0.0801. The second-order valence-corrected chi connectivity index (χ2v) is 7.00. The van der Waals surface area contributed by atoms with E-state index in [1.54, 1.807) is 7.11 Å². The summed E-state index contributed by atoms with van der Waals surface area (Å²) in [7, 11) is 3.55. The van der Waals surface area contributed by atoms with Gasteiger partial charge >= 0.3 is 0 Å². The van der Waals surface area contributed by atoms with E-state index in [1.807, 2.05) is 35.9 Å². The van der Waals surface area contributed by atoms with Gasteiger partial charge in [0.2, 0.25) is 5.91 Å². The van der Waals surface area contributed by atoms with E-state index in [2.05, 4.69) is 15.5 Å². The van der Waals surface area contributed by atoms with Gasteiger partial charge in [-0.15, -0.1) is 10.2 Å². The molecule has 0 radical (unpaired) electrons. The summed E-state index contributed by atoms with van der Waals surface area (Å²) in [5.41, 5.74) is 0.742. The number of nitrogens with one attached hydrogen (secondary N) is 2. The average molecular weight is 378 g/mol. The van der Waals surface area contributed by atoms with Gasteiger partial charge in [0.05, 0.1) is 26.1 Å². The summed E-state index contributed by atoms with van der Waals surface area (Å²) in [6.07, 6.45) is 0. The predicted molar refractivity (Wildman–Crippen MR) is 98.6 cm³/mol. The van der Waals surface area contributed by atoms with Crippen LogP contribution in [0.3, 0.4) is 0 Å². The molecule has 2 N–H and O–H groups in total. The number of hydrogen-bond donors (Lipinski definition) is 2. The highest BCUT2D eigenvalue weighted by Gasteiger charge is 2.19. The van der Waals surface area contributed by atoms with Crippen molar-refractivity contribution in [3.8, 4) is 5.75 Å². The molecule has 1 aliphatic heterocycles. The number of anilines is 1. The number of rotatable bonds is 7. The van der Waals surface area contributed by atoms with Crippen molar-refractivity contribution in [2.24, 2.45) is 7.05 Å². The fraction of sp³-hybridized carbons (Fsp3) is 0.471. The van der Waals surface area contributed by atoms with Crippen LogP contribution in [-0.4, -0.2) is 59.8 Å². The highest BCUT2D eigenvalue weighted by atomic mass is 32.2. The minimum Gasteiger partial charge on any atom is -0.497 e. The molecule has 0 spiro atoms. The van der Waals surface area contributed by atoms with Crippen molar-refractivity contribution in [1.29, 1.82) is 0 Å². The molecule has 0 aliphatic carbocycles. The van der Waals surface area contributed by atoms with Gasteiger partial charge in [0.1, 0.15) is 25.4 Å². The molecule has 9 heteroatoms. The maximum Gasteiger partial charge on any atom is 0.234 e. The van der Waals surface area contributed by atoms with Crippen LogP contribution < -0.4 is 15.0 Å². The molecule has 1 aromatic carbocycles. The van der Waals surface area contributed by atoms with E-state index in [9.17, 15) is 4.79 Å². The first-order chi connectivity index (χ1) is 12.7. The highest BCUT2D eigenvalue weighted by molar-refractivity contribution is 7.99. The molecular weight excluding hydrogens is 354 g/mol. The Bertz CT molecular complexity index is 728. The van der Waals surface area contributed by atoms with Gasteiger partial charge in [-0.05, 0) is 24.3 Å². The molecule has 2 aromatic rings. The van der Waals surface area contributed by atoms with Crippen molar-refractivity contribution < 1.29 is 19.2 Å². The first-order valence-corrected chi connectivity index (χ1v) is 9.50. The van der Waals surface area contributed by atoms with E-state index < -0.39 is 0 Å². The molecule has 8 nitrogen and oxygen atoms in total. The number of benzene rings is 1. The molecule has 0 atom stereocenters. The summed E-state index contributed by atoms with van der Waals surface area (Å²) >= 11 is 1.38. The van der Waals surface area contributed by atoms with Crippen LogP contribution in [0.2, 0.25) is 0 Å². The number of ether oxygens (including phenoxy) is 2. The largest absolute Gasteiger partial charge is 0.497 e. The number of carbonyl (C=O) groups excluding carboxylic acids is 1. The molecular formula is C17H24N5O3S+. The monoisotopic (exact) mass is 378 g/mol. The summed E-state index contributed by atoms with van der Waals surface area (Å²) in [5.74, 6) is 1.89. The first kappa shape index (κ1) is 18.7. The van der Waals surface area contributed by atoms with Gasteiger partial charge in [-0.1, -0.05) is 11.8 Å². The number of morpholine rings is 1. The SMILES string of the molecule is COc1ccc(NC(=O)CSc2nnc(C[NH+]3CCOCC3)n2C)cc1. The maximum atomic E-state index is 12.1. The fourth-order valence-corrected chi connectivity index (χ4v) is 3.42. The number of thioether (sulfide) groups is 1. The van der Waals surface area contributed by atoms with E-state index in [4.69, 9.17) is 9.47 Å². The van der Waals surface area contributed by atoms with E-state index in [0.717, 1.165) is 55.3 Å². The van der Waals surface area contributed by atoms with Gasteiger partial charge in [-0.3, -0.25) is 4.79 Å². The Labute approximate surface area is 156 Å². The number of nitrogens with zero attached hydrogens (tertiary/aromatic N) is 3. The van der Waals surface area contributed by atoms with Crippen LogP contribution >= 0.6 is 11.8 Å². The fourth-order valence-electron chi connectivity index (χ4n) is 2.69. The molecule has 0 unspecified atom stereocenters. The Morgan fingerprint density at radius 3 is 2.73 bits per heavy atom. The van der Waals surface area contributed by atoms with Crippen LogP contribution in [0.5, 0.6) is 5.75 Å². The van der Waals surface area contributed by atoms with Gasteiger partial charge in [0.25, 0.3) is 0 Å². The molecule has 1 fully saturated rings. The van der Waals surface area contributed by atoms with Crippen LogP contribution in [0.4, 0.5) is 5.69 Å². The Kier molecular flexibility index (Phi) is 6.48. The third-order valence-corrected chi connectivity index (χ3v) is 5.26. The van der Waals surface area contributed by atoms with E-state index in [0.29, 0.717) is 0 Å². The summed E-state index contributed by atoms with van der Waals surface area (Å²) in [6, 6.07) is 7.25. The summed E-state index contributed by atoms with van der Waals surface area (Å²) in [4.78, 5) is 13.6. The summed E-state index contributed by atoms with van der Waals surface area (Å²) < 4.78 is 12.5. The number of methoxy groups -OCH3 is 1. The zero-order valence-electron chi connectivity index (χ0n) is 15.0. The highest BCUT2D eigenvalue weighted by Crippen LogP contribution is 2.18. The maximum absolute atomic E-state index is 12.1. The molecule has 0 bridgehead atoms. The lowest BCUT2D eigenvalue weighted by molar-refractivity contribution is -0.922. The van der Waals surface area contributed by atoms with Crippen LogP contribution in [0, 0.1) is 0 Å². The number of aromatic nitrogens is 3. The van der Waals surface area contributed by atoms with Crippen LogP contribution in [0.1, 0.15) is 5.82 Å². The lowest BCUT2D eigenvalue weighted by atomic mass is 10.3. The second-order valence-electron chi connectivity index (χ2n) is 6.06. The number of quaternary nitrogens is 1. The van der Waals surface area contributed by atoms with Crippen molar-refractivity contribution in [3.05, 3.63) is 30.1 Å². The first-order valence-electron chi connectivity index (χ1n) is 8.52. The van der Waals surface area contributed by atoms with Crippen LogP contribution in [0.15, 0.2) is 29.4 Å². The topological polar surface area (TPSA) is 82.7 Å². The average Bonchev–Trinajstić information content (AvgIpc) is 3.01. The van der Waals surface area contributed by atoms with Crippen molar-refractivity contribution in [2.45, 2.75) is 11.7 Å². The lowest BCUT2D eigenvalue weighted by Crippen LogP contribution is -3.12. The predicted octanol–water partition coefficient (Wildman–Crippen LogP) is -0.0304. The van der Waals surface area contributed by atoms with Crippen molar-refractivity contribution >= 4 is 23.4 Å². The Hall–Kier alpha value is -2.10. The number of amides is 1. The summed E-state index contributed by atoms with van der Waals surface area (Å²) in [5, 5.41) is 12.1. The Morgan fingerprint density at radius 1 is 1.31 bits per heavy atom. The minimum absolute atomic E-state index is 0.0801. The molecule has 1 aromatic heterocycles. The van der Waals surface area contributed by atoms with E-state index >= 15 is 0 Å². The van der Waals surface area contributed by atoms with Crippen LogP contribution in [0.25, 0.3) is 0 Å². The van der Waals surface area contributed by atoms with Gasteiger partial charge in [0.15, 0.2) is 11.0 Å². The third kappa shape index (κ3) is 4.96. The standard InChI is InChI=1S/C17H23N5O3S/c1-21-15(11-22-7-9-25-10-8-22)19-20-17(21)26-12-16(23)18-13-3-5-14(24-2)6-4-13/h3-6H,7-12H2,1-2H3,(H,18,23)/p+1. The number of hydrogen-bond acceptors (Lipinski definition) is 6. The van der Waals surface area contributed by atoms with Crippen molar-refractivity contribution in [3.63, 3.8) is 0 Å².